The molecule has 10 nitrogen and oxygen atoms in total. The van der Waals surface area contributed by atoms with Crippen LogP contribution in [0, 0.1) is 17.8 Å². The number of carbonyl (C=O) groups excluding carboxylic acids is 1. The van der Waals surface area contributed by atoms with Gasteiger partial charge in [0.25, 0.3) is 0 Å². The number of fused-ring (bicyclic) bond motifs is 3. The summed E-state index contributed by atoms with van der Waals surface area (Å²) >= 11 is 6.45. The predicted octanol–water partition coefficient (Wildman–Crippen LogP) is 2.81. The summed E-state index contributed by atoms with van der Waals surface area (Å²) in [4.78, 5) is 21.2. The molecule has 1 saturated carbocycles. The summed E-state index contributed by atoms with van der Waals surface area (Å²) in [6.45, 7) is 0.807. The van der Waals surface area contributed by atoms with Gasteiger partial charge in [-0.25, -0.2) is 4.98 Å². The zero-order valence-electron chi connectivity index (χ0n) is 22.3. The number of aliphatic hydroxyl groups excluding tert-OH is 1. The number of ether oxygens (including phenoxy) is 2. The van der Waals surface area contributed by atoms with Crippen molar-refractivity contribution in [1.82, 2.24) is 15.3 Å². The molecule has 0 aliphatic heterocycles. The van der Waals surface area contributed by atoms with Gasteiger partial charge in [0, 0.05) is 25.7 Å². The highest BCUT2D eigenvalue weighted by Gasteiger charge is 2.47. The second kappa shape index (κ2) is 12.1. The number of hydrogen-bond acceptors (Lipinski definition) is 9. The first kappa shape index (κ1) is 27.6. The van der Waals surface area contributed by atoms with E-state index in [0.29, 0.717) is 29.9 Å². The third kappa shape index (κ3) is 5.99. The van der Waals surface area contributed by atoms with Gasteiger partial charge in [-0.2, -0.15) is 4.98 Å². The highest BCUT2D eigenvalue weighted by Crippen LogP contribution is 2.45. The maximum atomic E-state index is 12.1. The molecule has 1 heterocycles. The number of allylic oxidation sites excluding steroid dienone is 1. The number of hydrogen-bond donors (Lipinski definition) is 5. The molecule has 2 bridgehead atoms. The van der Waals surface area contributed by atoms with Crippen molar-refractivity contribution in [2.45, 2.75) is 50.3 Å². The van der Waals surface area contributed by atoms with Crippen LogP contribution >= 0.6 is 11.6 Å². The van der Waals surface area contributed by atoms with Crippen molar-refractivity contribution in [1.29, 1.82) is 0 Å². The first-order valence-corrected chi connectivity index (χ1v) is 13.9. The van der Waals surface area contributed by atoms with Crippen molar-refractivity contribution in [3.63, 3.8) is 0 Å². The molecular formula is C28H37ClN6O4. The normalized spacial score (nSPS) is 26.1. The topological polar surface area (TPSA) is 144 Å². The van der Waals surface area contributed by atoms with Gasteiger partial charge in [0.15, 0.2) is 5.82 Å². The largest absolute Gasteiger partial charge is 0.494 e. The number of nitrogens with one attached hydrogen (secondary N) is 3. The van der Waals surface area contributed by atoms with Crippen LogP contribution in [0.3, 0.4) is 0 Å². The van der Waals surface area contributed by atoms with Gasteiger partial charge in [0.1, 0.15) is 10.8 Å². The van der Waals surface area contributed by atoms with Gasteiger partial charge in [0.2, 0.25) is 11.9 Å². The first-order chi connectivity index (χ1) is 18.9. The highest BCUT2D eigenvalue weighted by molar-refractivity contribution is 6.32. The smallest absolute Gasteiger partial charge is 0.229 e. The maximum Gasteiger partial charge on any atom is 0.229 e. The third-order valence-corrected chi connectivity index (χ3v) is 8.37. The Labute approximate surface area is 233 Å². The lowest BCUT2D eigenvalue weighted by molar-refractivity contribution is -0.122. The van der Waals surface area contributed by atoms with Crippen LogP contribution in [0.4, 0.5) is 17.5 Å². The number of amides is 1. The summed E-state index contributed by atoms with van der Waals surface area (Å²) in [5.41, 5.74) is 8.87. The number of aromatic nitrogens is 2. The molecule has 3 aliphatic rings. The maximum absolute atomic E-state index is 12.1. The molecule has 1 unspecified atom stereocenters. The van der Waals surface area contributed by atoms with Crippen LogP contribution in [0.1, 0.15) is 30.4 Å². The standard InChI is InChI=1S/C28H37ClN6O4/c1-38-14-19(36)12-31-18-4-3-5-20-15(11-18)8-9-22(25(20)39-2)33-28-32-13-21(29)27(35-28)34-24-17-7-6-16(10-17)23(24)26(30)37/h6-9,13,16-19,23-24,31,36H,3-5,10-12,14H2,1-2H3,(H2,30,37)(H2,32,33,34,35)/t16-,17+,18?,19-,23+,24-/m1/s1. The lowest BCUT2D eigenvalue weighted by atomic mass is 9.88. The zero-order valence-corrected chi connectivity index (χ0v) is 23.1. The van der Waals surface area contributed by atoms with E-state index in [1.165, 1.54) is 5.56 Å². The molecule has 39 heavy (non-hydrogen) atoms. The monoisotopic (exact) mass is 556 g/mol. The van der Waals surface area contributed by atoms with E-state index in [-0.39, 0.29) is 35.7 Å². The molecule has 5 rings (SSSR count). The van der Waals surface area contributed by atoms with Crippen LogP contribution < -0.4 is 26.4 Å². The average molecular weight is 557 g/mol. The summed E-state index contributed by atoms with van der Waals surface area (Å²) in [6, 6.07) is 4.20. The molecule has 6 N–H and O–H groups in total. The summed E-state index contributed by atoms with van der Waals surface area (Å²) in [5.74, 6) is 1.35. The van der Waals surface area contributed by atoms with E-state index in [1.54, 1.807) is 20.4 Å². The molecular weight excluding hydrogens is 520 g/mol. The number of nitrogens with two attached hydrogens (primary N) is 1. The van der Waals surface area contributed by atoms with E-state index < -0.39 is 6.10 Å². The van der Waals surface area contributed by atoms with Crippen LogP contribution in [-0.2, 0) is 22.4 Å². The first-order valence-electron chi connectivity index (χ1n) is 13.5. The van der Waals surface area contributed by atoms with Gasteiger partial charge >= 0.3 is 0 Å². The minimum atomic E-state index is -0.528. The third-order valence-electron chi connectivity index (χ3n) is 8.09. The van der Waals surface area contributed by atoms with Crippen molar-refractivity contribution in [3.05, 3.63) is 46.6 Å². The second-order valence-electron chi connectivity index (χ2n) is 10.7. The number of carbonyl (C=O) groups is 1. The fourth-order valence-corrected chi connectivity index (χ4v) is 6.45. The molecule has 1 aromatic heterocycles. The average Bonchev–Trinajstić information content (AvgIpc) is 3.45. The Hall–Kier alpha value is -2.92. The molecule has 2 aromatic rings. The minimum absolute atomic E-state index is 0.150. The summed E-state index contributed by atoms with van der Waals surface area (Å²) in [5, 5.41) is 20.6. The molecule has 210 valence electrons. The van der Waals surface area contributed by atoms with E-state index in [9.17, 15) is 9.90 Å². The number of nitrogens with zero attached hydrogens (tertiary/aromatic N) is 2. The van der Waals surface area contributed by atoms with E-state index in [1.807, 2.05) is 6.07 Å². The van der Waals surface area contributed by atoms with E-state index in [0.717, 1.165) is 49.1 Å². The number of aliphatic hydroxyl groups is 1. The Bertz CT molecular complexity index is 1230. The Balaban J connectivity index is 1.32. The SMILES string of the molecule is COC[C@H](O)CNC1CCCc2c(ccc(Nc3ncc(Cl)c(N[C@H]4[C@@H](C(N)=O)[C@@H]5C=C[C@H]4C5)n3)c2OC)C1. The van der Waals surface area contributed by atoms with Gasteiger partial charge in [-0.3, -0.25) is 4.79 Å². The lowest BCUT2D eigenvalue weighted by Crippen LogP contribution is -2.41. The molecule has 1 aromatic carbocycles. The van der Waals surface area contributed by atoms with Crippen molar-refractivity contribution < 1.29 is 19.4 Å². The minimum Gasteiger partial charge on any atom is -0.494 e. The predicted molar refractivity (Wildman–Crippen MR) is 150 cm³/mol. The highest BCUT2D eigenvalue weighted by atomic mass is 35.5. The Morgan fingerprint density at radius 3 is 2.87 bits per heavy atom. The number of methoxy groups -OCH3 is 2. The molecule has 0 spiro atoms. The van der Waals surface area contributed by atoms with Crippen LogP contribution in [0.5, 0.6) is 5.75 Å². The van der Waals surface area contributed by atoms with Crippen molar-refractivity contribution in [2.24, 2.45) is 23.5 Å². The van der Waals surface area contributed by atoms with Gasteiger partial charge in [-0.05, 0) is 61.1 Å². The number of halogens is 1. The second-order valence-corrected chi connectivity index (χ2v) is 11.1. The van der Waals surface area contributed by atoms with Crippen molar-refractivity contribution in [3.8, 4) is 5.75 Å². The van der Waals surface area contributed by atoms with Crippen LogP contribution in [-0.4, -0.2) is 66.5 Å². The van der Waals surface area contributed by atoms with E-state index in [2.05, 4.69) is 44.1 Å². The Morgan fingerprint density at radius 1 is 1.28 bits per heavy atom. The molecule has 3 aliphatic carbocycles. The Morgan fingerprint density at radius 2 is 2.10 bits per heavy atom. The molecule has 1 amide bonds. The van der Waals surface area contributed by atoms with Gasteiger partial charge in [-0.1, -0.05) is 29.8 Å². The number of anilines is 3. The van der Waals surface area contributed by atoms with E-state index in [4.69, 9.17) is 26.8 Å². The fraction of sp³-hybridized carbons (Fsp3) is 0.536. The summed E-state index contributed by atoms with van der Waals surface area (Å²) < 4.78 is 10.9. The Kier molecular flexibility index (Phi) is 8.56. The summed E-state index contributed by atoms with van der Waals surface area (Å²) in [6.07, 6.45) is 9.86. The molecule has 0 saturated heterocycles. The molecule has 11 heteroatoms. The fourth-order valence-electron chi connectivity index (χ4n) is 6.30. The lowest BCUT2D eigenvalue weighted by Gasteiger charge is -2.27. The van der Waals surface area contributed by atoms with Crippen molar-refractivity contribution >= 4 is 35.0 Å². The van der Waals surface area contributed by atoms with Crippen LogP contribution in [0.15, 0.2) is 30.5 Å². The number of benzene rings is 1. The van der Waals surface area contributed by atoms with Gasteiger partial charge in [-0.15, -0.1) is 0 Å². The summed E-state index contributed by atoms with van der Waals surface area (Å²) in [7, 11) is 3.26. The molecule has 1 fully saturated rings. The number of rotatable bonds is 11. The van der Waals surface area contributed by atoms with E-state index >= 15 is 0 Å². The quantitative estimate of drug-likeness (QED) is 0.208. The van der Waals surface area contributed by atoms with Gasteiger partial charge in [0.05, 0.1) is 37.6 Å². The molecule has 6 atom stereocenters. The number of primary amides is 1. The van der Waals surface area contributed by atoms with Gasteiger partial charge < -0.3 is 36.3 Å². The molecule has 0 radical (unpaired) electrons. The van der Waals surface area contributed by atoms with Crippen LogP contribution in [0.25, 0.3) is 0 Å². The zero-order chi connectivity index (χ0) is 27.5. The van der Waals surface area contributed by atoms with Crippen LogP contribution in [0.2, 0.25) is 5.02 Å². The van der Waals surface area contributed by atoms with Crippen molar-refractivity contribution in [2.75, 3.05) is 38.0 Å².